The minimum Gasteiger partial charge on any atom is -0.311 e. The average molecular weight is 246 g/mol. The van der Waals surface area contributed by atoms with Crippen LogP contribution in [-0.2, 0) is 0 Å². The number of hydrogen-bond donors (Lipinski definition) is 1. The molecule has 18 heavy (non-hydrogen) atoms. The molecule has 0 spiro atoms. The van der Waals surface area contributed by atoms with Crippen molar-refractivity contribution in [2.24, 2.45) is 0 Å². The molecule has 1 rings (SSSR count). The Morgan fingerprint density at radius 1 is 1.56 bits per heavy atom. The van der Waals surface area contributed by atoms with Crippen molar-refractivity contribution in [1.82, 2.24) is 5.32 Å². The Hall–Kier alpha value is -1.66. The van der Waals surface area contributed by atoms with Crippen molar-refractivity contribution in [3.8, 4) is 6.07 Å². The van der Waals surface area contributed by atoms with Crippen LogP contribution in [0.2, 0.25) is 0 Å². The van der Waals surface area contributed by atoms with Crippen molar-refractivity contribution in [2.45, 2.75) is 33.2 Å². The van der Waals surface area contributed by atoms with Crippen LogP contribution >= 0.6 is 0 Å². The van der Waals surface area contributed by atoms with Gasteiger partial charge in [0, 0.05) is 6.04 Å². The molecular formula is C15H19FN2. The number of benzene rings is 1. The normalized spacial score (nSPS) is 13.2. The fraction of sp³-hybridized carbons (Fsp3) is 0.400. The van der Waals surface area contributed by atoms with Gasteiger partial charge in [-0.05, 0) is 44.5 Å². The van der Waals surface area contributed by atoms with Crippen molar-refractivity contribution < 1.29 is 4.39 Å². The number of rotatable bonds is 5. The van der Waals surface area contributed by atoms with E-state index in [1.807, 2.05) is 19.1 Å². The number of nitrogens with zero attached hydrogens (tertiary/aromatic N) is 1. The highest BCUT2D eigenvalue weighted by atomic mass is 19.1. The molecule has 3 heteroatoms. The van der Waals surface area contributed by atoms with Crippen LogP contribution in [-0.4, -0.2) is 12.6 Å². The highest BCUT2D eigenvalue weighted by molar-refractivity contribution is 5.56. The Labute approximate surface area is 108 Å². The number of hydrogen-bond acceptors (Lipinski definition) is 2. The van der Waals surface area contributed by atoms with E-state index in [1.165, 1.54) is 11.6 Å². The van der Waals surface area contributed by atoms with Gasteiger partial charge in [0.2, 0.25) is 0 Å². The summed E-state index contributed by atoms with van der Waals surface area (Å²) in [5.74, 6) is -0.468. The molecule has 1 unspecified atom stereocenters. The van der Waals surface area contributed by atoms with Crippen LogP contribution in [0.5, 0.6) is 0 Å². The fourth-order valence-electron chi connectivity index (χ4n) is 1.63. The van der Waals surface area contributed by atoms with E-state index in [-0.39, 0.29) is 11.6 Å². The molecule has 0 fully saturated rings. The summed E-state index contributed by atoms with van der Waals surface area (Å²) in [6, 6.07) is 6.73. The smallest absolute Gasteiger partial charge is 0.140 e. The van der Waals surface area contributed by atoms with Crippen LogP contribution in [0.15, 0.2) is 23.8 Å². The van der Waals surface area contributed by atoms with Crippen molar-refractivity contribution in [1.29, 1.82) is 5.26 Å². The van der Waals surface area contributed by atoms with Crippen LogP contribution in [0, 0.1) is 17.1 Å². The Bertz CT molecular complexity index is 472. The molecule has 0 heterocycles. The SMILES string of the molecule is CCCNC(C)/C(C)=C/c1ccc(F)c(C#N)c1. The quantitative estimate of drug-likeness (QED) is 0.863. The van der Waals surface area contributed by atoms with Gasteiger partial charge < -0.3 is 5.32 Å². The minimum atomic E-state index is -0.468. The molecule has 1 N–H and O–H groups in total. The first-order valence-electron chi connectivity index (χ1n) is 6.19. The first-order valence-corrected chi connectivity index (χ1v) is 6.19. The summed E-state index contributed by atoms with van der Waals surface area (Å²) in [6.45, 7) is 7.22. The maximum absolute atomic E-state index is 13.2. The second kappa shape index (κ2) is 6.93. The molecule has 96 valence electrons. The van der Waals surface area contributed by atoms with Gasteiger partial charge in [0.25, 0.3) is 0 Å². The molecule has 0 aliphatic rings. The summed E-state index contributed by atoms with van der Waals surface area (Å²) in [6.07, 6.45) is 3.07. The molecule has 0 saturated carbocycles. The lowest BCUT2D eigenvalue weighted by atomic mass is 10.0. The van der Waals surface area contributed by atoms with Gasteiger partial charge in [0.05, 0.1) is 5.56 Å². The van der Waals surface area contributed by atoms with Crippen molar-refractivity contribution in [2.75, 3.05) is 6.54 Å². The summed E-state index contributed by atoms with van der Waals surface area (Å²) >= 11 is 0. The van der Waals surface area contributed by atoms with Crippen LogP contribution in [0.25, 0.3) is 6.08 Å². The summed E-state index contributed by atoms with van der Waals surface area (Å²) in [4.78, 5) is 0. The summed E-state index contributed by atoms with van der Waals surface area (Å²) in [5, 5.41) is 12.2. The van der Waals surface area contributed by atoms with Gasteiger partial charge in [-0.25, -0.2) is 4.39 Å². The third-order valence-electron chi connectivity index (χ3n) is 2.89. The van der Waals surface area contributed by atoms with Crippen molar-refractivity contribution in [3.05, 3.63) is 40.7 Å². The van der Waals surface area contributed by atoms with E-state index >= 15 is 0 Å². The molecule has 0 amide bonds. The van der Waals surface area contributed by atoms with Gasteiger partial charge >= 0.3 is 0 Å². The lowest BCUT2D eigenvalue weighted by Crippen LogP contribution is -2.27. The minimum absolute atomic E-state index is 0.0886. The first kappa shape index (κ1) is 14.4. The van der Waals surface area contributed by atoms with Crippen LogP contribution in [0.3, 0.4) is 0 Å². The van der Waals surface area contributed by atoms with E-state index in [0.717, 1.165) is 18.5 Å². The molecule has 2 nitrogen and oxygen atoms in total. The van der Waals surface area contributed by atoms with Gasteiger partial charge in [0.1, 0.15) is 11.9 Å². The third kappa shape index (κ3) is 3.97. The largest absolute Gasteiger partial charge is 0.311 e. The van der Waals surface area contributed by atoms with E-state index in [0.29, 0.717) is 0 Å². The molecule has 0 aliphatic heterocycles. The Morgan fingerprint density at radius 3 is 2.89 bits per heavy atom. The van der Waals surface area contributed by atoms with Crippen LogP contribution in [0.4, 0.5) is 4.39 Å². The van der Waals surface area contributed by atoms with E-state index in [2.05, 4.69) is 19.2 Å². The predicted molar refractivity (Wildman–Crippen MR) is 72.5 cm³/mol. The number of halogens is 1. The van der Waals surface area contributed by atoms with E-state index in [1.54, 1.807) is 12.1 Å². The molecule has 1 aromatic carbocycles. The fourth-order valence-corrected chi connectivity index (χ4v) is 1.63. The molecular weight excluding hydrogens is 227 g/mol. The molecule has 0 radical (unpaired) electrons. The maximum atomic E-state index is 13.2. The summed E-state index contributed by atoms with van der Waals surface area (Å²) in [7, 11) is 0. The van der Waals surface area contributed by atoms with Crippen molar-refractivity contribution in [3.63, 3.8) is 0 Å². The molecule has 1 atom stereocenters. The highest BCUT2D eigenvalue weighted by Crippen LogP contribution is 2.14. The molecule has 0 saturated heterocycles. The van der Waals surface area contributed by atoms with Gasteiger partial charge in [-0.1, -0.05) is 24.6 Å². The standard InChI is InChI=1S/C15H19FN2/c1-4-7-18-12(3)11(2)8-13-5-6-15(16)14(9-13)10-17/h5-6,8-9,12,18H,4,7H2,1-3H3/b11-8+. The Morgan fingerprint density at radius 2 is 2.28 bits per heavy atom. The van der Waals surface area contributed by atoms with E-state index < -0.39 is 5.82 Å². The predicted octanol–water partition coefficient (Wildman–Crippen LogP) is 3.49. The second-order valence-corrected chi connectivity index (χ2v) is 4.42. The highest BCUT2D eigenvalue weighted by Gasteiger charge is 2.05. The lowest BCUT2D eigenvalue weighted by Gasteiger charge is -2.14. The number of nitrogens with one attached hydrogen (secondary N) is 1. The maximum Gasteiger partial charge on any atom is 0.140 e. The van der Waals surface area contributed by atoms with E-state index in [9.17, 15) is 4.39 Å². The van der Waals surface area contributed by atoms with Gasteiger partial charge in [0.15, 0.2) is 0 Å². The topological polar surface area (TPSA) is 35.8 Å². The monoisotopic (exact) mass is 246 g/mol. The Kier molecular flexibility index (Phi) is 5.54. The molecule has 1 aromatic rings. The van der Waals surface area contributed by atoms with Crippen molar-refractivity contribution >= 4 is 6.08 Å². The average Bonchev–Trinajstić information content (AvgIpc) is 2.37. The van der Waals surface area contributed by atoms with Crippen LogP contribution < -0.4 is 5.32 Å². The zero-order valence-electron chi connectivity index (χ0n) is 11.1. The Balaban J connectivity index is 2.85. The lowest BCUT2D eigenvalue weighted by molar-refractivity contribution is 0.604. The van der Waals surface area contributed by atoms with E-state index in [4.69, 9.17) is 5.26 Å². The van der Waals surface area contributed by atoms with Gasteiger partial charge in [-0.15, -0.1) is 0 Å². The molecule has 0 bridgehead atoms. The molecule has 0 aromatic heterocycles. The zero-order valence-corrected chi connectivity index (χ0v) is 11.1. The summed E-state index contributed by atoms with van der Waals surface area (Å²) < 4.78 is 13.2. The van der Waals surface area contributed by atoms with Gasteiger partial charge in [-0.2, -0.15) is 5.26 Å². The third-order valence-corrected chi connectivity index (χ3v) is 2.89. The van der Waals surface area contributed by atoms with Crippen LogP contribution in [0.1, 0.15) is 38.3 Å². The zero-order chi connectivity index (χ0) is 13.5. The second-order valence-electron chi connectivity index (χ2n) is 4.42. The summed E-state index contributed by atoms with van der Waals surface area (Å²) in [5.41, 5.74) is 2.11. The first-order chi connectivity index (χ1) is 8.58. The number of nitriles is 1. The van der Waals surface area contributed by atoms with Gasteiger partial charge in [-0.3, -0.25) is 0 Å². The molecule has 0 aliphatic carbocycles.